The van der Waals surface area contributed by atoms with Gasteiger partial charge in [0.2, 0.25) is 0 Å². The standard InChI is InChI=1S/C12H18N2O4S/c1-14(8-9-4-3-6-18-9)12(17)13-10(11(15)16)5-7-19-2/h3-4,6,10H,5,7-8H2,1-2H3,(H,13,17)(H,15,16)/t10-/m1/s1. The van der Waals surface area contributed by atoms with Crippen molar-refractivity contribution >= 4 is 23.8 Å². The molecule has 0 saturated heterocycles. The zero-order chi connectivity index (χ0) is 14.3. The van der Waals surface area contributed by atoms with E-state index < -0.39 is 18.0 Å². The number of furan rings is 1. The molecule has 0 saturated carbocycles. The number of nitrogens with zero attached hydrogens (tertiary/aromatic N) is 1. The molecule has 0 radical (unpaired) electrons. The summed E-state index contributed by atoms with van der Waals surface area (Å²) in [6.45, 7) is 0.299. The van der Waals surface area contributed by atoms with Crippen LogP contribution in [-0.4, -0.2) is 47.1 Å². The van der Waals surface area contributed by atoms with E-state index in [-0.39, 0.29) is 0 Å². The third-order valence-electron chi connectivity index (χ3n) is 2.53. The predicted octanol–water partition coefficient (Wildman–Crippen LogP) is 1.63. The van der Waals surface area contributed by atoms with Crippen molar-refractivity contribution in [1.82, 2.24) is 10.2 Å². The minimum absolute atomic E-state index is 0.299. The molecule has 0 aliphatic rings. The normalized spacial score (nSPS) is 11.9. The highest BCUT2D eigenvalue weighted by molar-refractivity contribution is 7.98. The van der Waals surface area contributed by atoms with Gasteiger partial charge in [-0.3, -0.25) is 0 Å². The molecule has 106 valence electrons. The molecule has 6 nitrogen and oxygen atoms in total. The van der Waals surface area contributed by atoms with Gasteiger partial charge in [-0.1, -0.05) is 0 Å². The summed E-state index contributed by atoms with van der Waals surface area (Å²) in [6.07, 6.45) is 3.82. The van der Waals surface area contributed by atoms with E-state index in [1.807, 2.05) is 6.26 Å². The van der Waals surface area contributed by atoms with Crippen LogP contribution in [0, 0.1) is 0 Å². The second-order valence-corrected chi connectivity index (χ2v) is 5.04. The van der Waals surface area contributed by atoms with E-state index >= 15 is 0 Å². The summed E-state index contributed by atoms with van der Waals surface area (Å²) < 4.78 is 5.13. The fraction of sp³-hybridized carbons (Fsp3) is 0.500. The second-order valence-electron chi connectivity index (χ2n) is 4.06. The molecule has 1 aromatic rings. The largest absolute Gasteiger partial charge is 0.480 e. The lowest BCUT2D eigenvalue weighted by Gasteiger charge is -2.20. The average molecular weight is 286 g/mol. The molecule has 1 aromatic heterocycles. The summed E-state index contributed by atoms with van der Waals surface area (Å²) in [5, 5.41) is 11.5. The minimum Gasteiger partial charge on any atom is -0.480 e. The number of carbonyl (C=O) groups is 2. The van der Waals surface area contributed by atoms with Crippen molar-refractivity contribution in [2.45, 2.75) is 19.0 Å². The van der Waals surface area contributed by atoms with Gasteiger partial charge in [0.15, 0.2) is 0 Å². The predicted molar refractivity (Wildman–Crippen MR) is 73.1 cm³/mol. The summed E-state index contributed by atoms with van der Waals surface area (Å²) in [6, 6.07) is 2.20. The molecule has 2 amide bonds. The molecule has 1 heterocycles. The summed E-state index contributed by atoms with van der Waals surface area (Å²) in [7, 11) is 1.59. The molecular weight excluding hydrogens is 268 g/mol. The van der Waals surface area contributed by atoms with Crippen molar-refractivity contribution in [2.75, 3.05) is 19.1 Å². The van der Waals surface area contributed by atoms with Crippen LogP contribution in [0.25, 0.3) is 0 Å². The Kier molecular flexibility index (Phi) is 6.27. The van der Waals surface area contributed by atoms with E-state index in [4.69, 9.17) is 9.52 Å². The van der Waals surface area contributed by atoms with Gasteiger partial charge < -0.3 is 19.7 Å². The van der Waals surface area contributed by atoms with Gasteiger partial charge in [0.1, 0.15) is 11.8 Å². The third-order valence-corrected chi connectivity index (χ3v) is 3.17. The average Bonchev–Trinajstić information content (AvgIpc) is 2.86. The number of urea groups is 1. The van der Waals surface area contributed by atoms with Gasteiger partial charge in [0.05, 0.1) is 12.8 Å². The van der Waals surface area contributed by atoms with Crippen LogP contribution < -0.4 is 5.32 Å². The summed E-state index contributed by atoms with van der Waals surface area (Å²) >= 11 is 1.54. The molecule has 7 heteroatoms. The Bertz CT molecular complexity index is 408. The zero-order valence-corrected chi connectivity index (χ0v) is 11.8. The van der Waals surface area contributed by atoms with E-state index in [1.165, 1.54) is 11.2 Å². The first-order chi connectivity index (χ1) is 9.04. The highest BCUT2D eigenvalue weighted by Crippen LogP contribution is 2.05. The number of hydrogen-bond donors (Lipinski definition) is 2. The SMILES string of the molecule is CSCC[C@@H](NC(=O)N(C)Cc1ccco1)C(=O)O. The van der Waals surface area contributed by atoms with E-state index in [0.717, 1.165) is 0 Å². The number of rotatable bonds is 7. The lowest BCUT2D eigenvalue weighted by molar-refractivity contribution is -0.139. The smallest absolute Gasteiger partial charge is 0.326 e. The van der Waals surface area contributed by atoms with Crippen molar-refractivity contribution in [3.05, 3.63) is 24.2 Å². The molecule has 19 heavy (non-hydrogen) atoms. The Balaban J connectivity index is 2.48. The van der Waals surface area contributed by atoms with Gasteiger partial charge in [-0.05, 0) is 30.6 Å². The maximum atomic E-state index is 11.9. The van der Waals surface area contributed by atoms with Gasteiger partial charge in [-0.25, -0.2) is 9.59 Å². The number of thioether (sulfide) groups is 1. The first-order valence-corrected chi connectivity index (χ1v) is 7.19. The van der Waals surface area contributed by atoms with Crippen molar-refractivity contribution < 1.29 is 19.1 Å². The second kappa shape index (κ2) is 7.73. The van der Waals surface area contributed by atoms with Crippen molar-refractivity contribution in [2.24, 2.45) is 0 Å². The lowest BCUT2D eigenvalue weighted by Crippen LogP contribution is -2.46. The van der Waals surface area contributed by atoms with E-state index in [1.54, 1.807) is 30.9 Å². The van der Waals surface area contributed by atoms with E-state index in [0.29, 0.717) is 24.5 Å². The Hall–Kier alpha value is -1.63. The molecular formula is C12H18N2O4S. The number of carboxylic acids is 1. The van der Waals surface area contributed by atoms with Crippen LogP contribution in [0.5, 0.6) is 0 Å². The van der Waals surface area contributed by atoms with Crippen molar-refractivity contribution in [3.8, 4) is 0 Å². The van der Waals surface area contributed by atoms with Crippen LogP contribution >= 0.6 is 11.8 Å². The highest BCUT2D eigenvalue weighted by atomic mass is 32.2. The first kappa shape index (κ1) is 15.4. The van der Waals surface area contributed by atoms with E-state index in [2.05, 4.69) is 5.32 Å². The minimum atomic E-state index is -1.02. The maximum Gasteiger partial charge on any atom is 0.326 e. The zero-order valence-electron chi connectivity index (χ0n) is 11.0. The topological polar surface area (TPSA) is 82.8 Å². The van der Waals surface area contributed by atoms with Gasteiger partial charge >= 0.3 is 12.0 Å². The van der Waals surface area contributed by atoms with Gasteiger partial charge in [-0.15, -0.1) is 0 Å². The summed E-state index contributed by atoms with van der Waals surface area (Å²) in [4.78, 5) is 24.3. The number of nitrogens with one attached hydrogen (secondary N) is 1. The van der Waals surface area contributed by atoms with Crippen LogP contribution in [0.15, 0.2) is 22.8 Å². The molecule has 0 fully saturated rings. The molecule has 0 aromatic carbocycles. The van der Waals surface area contributed by atoms with Crippen molar-refractivity contribution in [1.29, 1.82) is 0 Å². The number of carboxylic acid groups (broad SMARTS) is 1. The molecule has 0 spiro atoms. The Labute approximate surface area is 116 Å². The lowest BCUT2D eigenvalue weighted by atomic mass is 10.2. The van der Waals surface area contributed by atoms with E-state index in [9.17, 15) is 9.59 Å². The molecule has 1 atom stereocenters. The molecule has 0 aliphatic heterocycles. The van der Waals surface area contributed by atoms with Gasteiger partial charge in [0, 0.05) is 7.05 Å². The quantitative estimate of drug-likeness (QED) is 0.796. The molecule has 2 N–H and O–H groups in total. The van der Waals surface area contributed by atoms with Crippen LogP contribution in [0.3, 0.4) is 0 Å². The number of hydrogen-bond acceptors (Lipinski definition) is 4. The van der Waals surface area contributed by atoms with Crippen molar-refractivity contribution in [3.63, 3.8) is 0 Å². The van der Waals surface area contributed by atoms with Crippen LogP contribution in [0.4, 0.5) is 4.79 Å². The fourth-order valence-electron chi connectivity index (χ4n) is 1.46. The Morgan fingerprint density at radius 3 is 2.84 bits per heavy atom. The summed E-state index contributed by atoms with van der Waals surface area (Å²) in [5.41, 5.74) is 0. The highest BCUT2D eigenvalue weighted by Gasteiger charge is 2.21. The summed E-state index contributed by atoms with van der Waals surface area (Å²) in [5.74, 6) is 0.307. The molecule has 0 bridgehead atoms. The maximum absolute atomic E-state index is 11.9. The Morgan fingerprint density at radius 2 is 2.32 bits per heavy atom. The fourth-order valence-corrected chi connectivity index (χ4v) is 1.93. The number of aliphatic carboxylic acids is 1. The first-order valence-electron chi connectivity index (χ1n) is 5.80. The molecule has 0 unspecified atom stereocenters. The van der Waals surface area contributed by atoms with Crippen LogP contribution in [0.1, 0.15) is 12.2 Å². The third kappa shape index (κ3) is 5.25. The van der Waals surface area contributed by atoms with Gasteiger partial charge in [0.25, 0.3) is 0 Å². The van der Waals surface area contributed by atoms with Crippen LogP contribution in [0.2, 0.25) is 0 Å². The number of amides is 2. The van der Waals surface area contributed by atoms with Crippen LogP contribution in [-0.2, 0) is 11.3 Å². The monoisotopic (exact) mass is 286 g/mol. The Morgan fingerprint density at radius 1 is 1.58 bits per heavy atom. The van der Waals surface area contributed by atoms with Gasteiger partial charge in [-0.2, -0.15) is 11.8 Å². The molecule has 1 rings (SSSR count). The molecule has 0 aliphatic carbocycles. The number of carbonyl (C=O) groups excluding carboxylic acids is 1.